The van der Waals surface area contributed by atoms with E-state index in [9.17, 15) is 0 Å². The van der Waals surface area contributed by atoms with Crippen LogP contribution >= 0.6 is 0 Å². The zero-order chi connectivity index (χ0) is 9.68. The highest BCUT2D eigenvalue weighted by molar-refractivity contribution is 4.94. The summed E-state index contributed by atoms with van der Waals surface area (Å²) in [5.41, 5.74) is 1.34. The summed E-state index contributed by atoms with van der Waals surface area (Å²) in [6, 6.07) is 0.760. The van der Waals surface area contributed by atoms with E-state index < -0.39 is 0 Å². The molecule has 0 spiro atoms. The SMILES string of the molecule is C=C(C)CC1CCCCC1NCC. The van der Waals surface area contributed by atoms with Crippen LogP contribution in [0, 0.1) is 5.92 Å². The van der Waals surface area contributed by atoms with Crippen LogP contribution in [0.3, 0.4) is 0 Å². The van der Waals surface area contributed by atoms with Gasteiger partial charge in [0, 0.05) is 6.04 Å². The average Bonchev–Trinajstić information content (AvgIpc) is 2.08. The summed E-state index contributed by atoms with van der Waals surface area (Å²) in [4.78, 5) is 0. The van der Waals surface area contributed by atoms with Crippen LogP contribution < -0.4 is 5.32 Å². The average molecular weight is 181 g/mol. The Labute approximate surface area is 82.6 Å². The molecule has 0 aromatic carbocycles. The van der Waals surface area contributed by atoms with E-state index in [1.165, 1.54) is 37.7 Å². The molecule has 1 heteroatoms. The molecule has 0 bridgehead atoms. The number of allylic oxidation sites excluding steroid dienone is 1. The Hall–Kier alpha value is -0.300. The Morgan fingerprint density at radius 1 is 1.38 bits per heavy atom. The molecule has 1 fully saturated rings. The third-order valence-electron chi connectivity index (χ3n) is 2.99. The first-order valence-electron chi connectivity index (χ1n) is 5.61. The number of nitrogens with one attached hydrogen (secondary N) is 1. The quantitative estimate of drug-likeness (QED) is 0.657. The molecule has 0 aromatic rings. The summed E-state index contributed by atoms with van der Waals surface area (Å²) in [6.45, 7) is 9.48. The minimum Gasteiger partial charge on any atom is -0.314 e. The molecule has 0 heterocycles. The van der Waals surface area contributed by atoms with Crippen molar-refractivity contribution in [2.24, 2.45) is 5.92 Å². The predicted molar refractivity (Wildman–Crippen MR) is 58.9 cm³/mol. The molecule has 1 nitrogen and oxygen atoms in total. The lowest BCUT2D eigenvalue weighted by Crippen LogP contribution is -2.38. The van der Waals surface area contributed by atoms with E-state index in [4.69, 9.17) is 0 Å². The van der Waals surface area contributed by atoms with Gasteiger partial charge in [-0.15, -0.1) is 6.58 Å². The first-order valence-corrected chi connectivity index (χ1v) is 5.61. The van der Waals surface area contributed by atoms with Crippen LogP contribution in [0.1, 0.15) is 46.0 Å². The molecule has 76 valence electrons. The summed E-state index contributed by atoms with van der Waals surface area (Å²) in [5, 5.41) is 3.60. The smallest absolute Gasteiger partial charge is 0.00982 e. The fourth-order valence-electron chi connectivity index (χ4n) is 2.43. The van der Waals surface area contributed by atoms with Crippen LogP contribution in [0.5, 0.6) is 0 Å². The Morgan fingerprint density at radius 2 is 2.08 bits per heavy atom. The van der Waals surface area contributed by atoms with Gasteiger partial charge in [0.25, 0.3) is 0 Å². The molecule has 0 aromatic heterocycles. The predicted octanol–water partition coefficient (Wildman–Crippen LogP) is 3.12. The molecule has 0 saturated heterocycles. The van der Waals surface area contributed by atoms with Crippen molar-refractivity contribution in [1.29, 1.82) is 0 Å². The molecule has 13 heavy (non-hydrogen) atoms. The second-order valence-electron chi connectivity index (χ2n) is 4.37. The third kappa shape index (κ3) is 3.51. The van der Waals surface area contributed by atoms with Gasteiger partial charge in [0.1, 0.15) is 0 Å². The fourth-order valence-corrected chi connectivity index (χ4v) is 2.43. The molecule has 1 rings (SSSR count). The first-order chi connectivity index (χ1) is 6.24. The van der Waals surface area contributed by atoms with Crippen molar-refractivity contribution >= 4 is 0 Å². The zero-order valence-electron chi connectivity index (χ0n) is 9.10. The Kier molecular flexibility index (Phi) is 4.51. The number of hydrogen-bond donors (Lipinski definition) is 1. The van der Waals surface area contributed by atoms with Crippen LogP contribution in [-0.2, 0) is 0 Å². The van der Waals surface area contributed by atoms with Crippen molar-refractivity contribution in [2.75, 3.05) is 6.54 Å². The van der Waals surface area contributed by atoms with Crippen LogP contribution in [0.4, 0.5) is 0 Å². The Morgan fingerprint density at radius 3 is 2.69 bits per heavy atom. The molecule has 0 radical (unpaired) electrons. The lowest BCUT2D eigenvalue weighted by atomic mass is 9.81. The summed E-state index contributed by atoms with van der Waals surface area (Å²) in [7, 11) is 0. The highest BCUT2D eigenvalue weighted by Gasteiger charge is 2.23. The van der Waals surface area contributed by atoms with Gasteiger partial charge in [-0.2, -0.15) is 0 Å². The molecule has 2 unspecified atom stereocenters. The molecule has 1 N–H and O–H groups in total. The van der Waals surface area contributed by atoms with E-state index in [0.29, 0.717) is 0 Å². The summed E-state index contributed by atoms with van der Waals surface area (Å²) >= 11 is 0. The second-order valence-corrected chi connectivity index (χ2v) is 4.37. The zero-order valence-corrected chi connectivity index (χ0v) is 9.10. The molecule has 2 atom stereocenters. The fraction of sp³-hybridized carbons (Fsp3) is 0.833. The lowest BCUT2D eigenvalue weighted by Gasteiger charge is -2.32. The van der Waals surface area contributed by atoms with Crippen LogP contribution in [0.25, 0.3) is 0 Å². The van der Waals surface area contributed by atoms with Crippen molar-refractivity contribution in [2.45, 2.75) is 52.0 Å². The molecule has 0 amide bonds. The van der Waals surface area contributed by atoms with E-state index in [1.54, 1.807) is 0 Å². The second kappa shape index (κ2) is 5.43. The van der Waals surface area contributed by atoms with Gasteiger partial charge in [-0.05, 0) is 38.6 Å². The van der Waals surface area contributed by atoms with Gasteiger partial charge in [0.05, 0.1) is 0 Å². The highest BCUT2D eigenvalue weighted by atomic mass is 14.9. The highest BCUT2D eigenvalue weighted by Crippen LogP contribution is 2.28. The lowest BCUT2D eigenvalue weighted by molar-refractivity contribution is 0.264. The van der Waals surface area contributed by atoms with Crippen LogP contribution in [-0.4, -0.2) is 12.6 Å². The number of hydrogen-bond acceptors (Lipinski definition) is 1. The molecular formula is C12H23N. The Balaban J connectivity index is 2.41. The first kappa shape index (κ1) is 10.8. The largest absolute Gasteiger partial charge is 0.314 e. The van der Waals surface area contributed by atoms with Gasteiger partial charge in [-0.3, -0.25) is 0 Å². The van der Waals surface area contributed by atoms with Gasteiger partial charge < -0.3 is 5.32 Å². The maximum atomic E-state index is 4.02. The van der Waals surface area contributed by atoms with Crippen molar-refractivity contribution in [1.82, 2.24) is 5.32 Å². The molecule has 1 saturated carbocycles. The van der Waals surface area contributed by atoms with Crippen LogP contribution in [0.15, 0.2) is 12.2 Å². The standard InChI is InChI=1S/C12H23N/c1-4-13-12-8-6-5-7-11(12)9-10(2)3/h11-13H,2,4-9H2,1,3H3. The van der Waals surface area contributed by atoms with E-state index in [1.807, 2.05) is 0 Å². The van der Waals surface area contributed by atoms with Gasteiger partial charge in [0.15, 0.2) is 0 Å². The summed E-state index contributed by atoms with van der Waals surface area (Å²) in [5.74, 6) is 0.853. The molecule has 1 aliphatic rings. The summed E-state index contributed by atoms with van der Waals surface area (Å²) in [6.07, 6.45) is 6.80. The maximum absolute atomic E-state index is 4.02. The minimum atomic E-state index is 0.760. The van der Waals surface area contributed by atoms with Crippen molar-refractivity contribution in [3.05, 3.63) is 12.2 Å². The van der Waals surface area contributed by atoms with Crippen molar-refractivity contribution in [3.8, 4) is 0 Å². The molecule has 1 aliphatic carbocycles. The van der Waals surface area contributed by atoms with E-state index in [-0.39, 0.29) is 0 Å². The van der Waals surface area contributed by atoms with Gasteiger partial charge in [-0.25, -0.2) is 0 Å². The van der Waals surface area contributed by atoms with Gasteiger partial charge in [0.2, 0.25) is 0 Å². The van der Waals surface area contributed by atoms with E-state index in [0.717, 1.165) is 18.5 Å². The van der Waals surface area contributed by atoms with E-state index >= 15 is 0 Å². The summed E-state index contributed by atoms with van der Waals surface area (Å²) < 4.78 is 0. The monoisotopic (exact) mass is 181 g/mol. The normalized spacial score (nSPS) is 28.8. The number of rotatable bonds is 4. The van der Waals surface area contributed by atoms with E-state index in [2.05, 4.69) is 25.7 Å². The van der Waals surface area contributed by atoms with Crippen molar-refractivity contribution in [3.63, 3.8) is 0 Å². The van der Waals surface area contributed by atoms with Crippen molar-refractivity contribution < 1.29 is 0 Å². The van der Waals surface area contributed by atoms with Gasteiger partial charge >= 0.3 is 0 Å². The maximum Gasteiger partial charge on any atom is 0.00982 e. The third-order valence-corrected chi connectivity index (χ3v) is 2.99. The molecular weight excluding hydrogens is 158 g/mol. The van der Waals surface area contributed by atoms with Crippen LogP contribution in [0.2, 0.25) is 0 Å². The molecule has 0 aliphatic heterocycles. The Bertz CT molecular complexity index is 161. The minimum absolute atomic E-state index is 0.760. The van der Waals surface area contributed by atoms with Gasteiger partial charge in [-0.1, -0.05) is 25.3 Å². The topological polar surface area (TPSA) is 12.0 Å².